The molecule has 0 unspecified atom stereocenters. The molecular weight excluding hydrogens is 249 g/mol. The van der Waals surface area contributed by atoms with Gasteiger partial charge >= 0.3 is 6.18 Å². The SMILES string of the molecule is FC(F)(F)c1cc(CCCBr)[nH]n1. The van der Waals surface area contributed by atoms with Crippen LogP contribution in [-0.4, -0.2) is 15.5 Å². The standard InChI is InChI=1S/C7H8BrF3N2/c8-3-1-2-5-4-6(13-12-5)7(9,10)11/h4H,1-3H2,(H,12,13). The van der Waals surface area contributed by atoms with Crippen molar-refractivity contribution < 1.29 is 13.2 Å². The zero-order valence-corrected chi connectivity index (χ0v) is 8.24. The summed E-state index contributed by atoms with van der Waals surface area (Å²) < 4.78 is 36.1. The first-order valence-electron chi connectivity index (χ1n) is 3.71. The van der Waals surface area contributed by atoms with Crippen molar-refractivity contribution in [2.24, 2.45) is 0 Å². The topological polar surface area (TPSA) is 28.7 Å². The smallest absolute Gasteiger partial charge is 0.282 e. The molecule has 1 aromatic rings. The molecule has 0 aliphatic carbocycles. The van der Waals surface area contributed by atoms with Gasteiger partial charge in [0.25, 0.3) is 0 Å². The molecule has 0 aromatic carbocycles. The number of nitrogens with one attached hydrogen (secondary N) is 1. The highest BCUT2D eigenvalue weighted by Gasteiger charge is 2.33. The molecule has 1 aromatic heterocycles. The molecule has 0 amide bonds. The van der Waals surface area contributed by atoms with Crippen LogP contribution in [-0.2, 0) is 12.6 Å². The molecule has 0 aliphatic heterocycles. The Morgan fingerprint density at radius 3 is 2.62 bits per heavy atom. The predicted octanol–water partition coefficient (Wildman–Crippen LogP) is 2.76. The van der Waals surface area contributed by atoms with Crippen molar-refractivity contribution in [3.05, 3.63) is 17.5 Å². The maximum atomic E-state index is 12.0. The van der Waals surface area contributed by atoms with Crippen molar-refractivity contribution in [2.45, 2.75) is 19.0 Å². The number of halogens is 4. The van der Waals surface area contributed by atoms with Crippen LogP contribution >= 0.6 is 15.9 Å². The number of rotatable bonds is 3. The Labute approximate surface area is 81.7 Å². The van der Waals surface area contributed by atoms with Crippen molar-refractivity contribution in [3.63, 3.8) is 0 Å². The molecule has 1 N–H and O–H groups in total. The number of hydrogen-bond acceptors (Lipinski definition) is 1. The highest BCUT2D eigenvalue weighted by molar-refractivity contribution is 9.09. The third kappa shape index (κ3) is 3.02. The minimum Gasteiger partial charge on any atom is -0.282 e. The van der Waals surface area contributed by atoms with Crippen LogP contribution in [0.25, 0.3) is 0 Å². The minimum absolute atomic E-state index is 0.520. The maximum Gasteiger partial charge on any atom is 0.435 e. The summed E-state index contributed by atoms with van der Waals surface area (Å²) >= 11 is 3.20. The number of hydrogen-bond donors (Lipinski definition) is 1. The van der Waals surface area contributed by atoms with E-state index in [1.165, 1.54) is 0 Å². The van der Waals surface area contributed by atoms with Crippen LogP contribution < -0.4 is 0 Å². The quantitative estimate of drug-likeness (QED) is 0.828. The summed E-state index contributed by atoms with van der Waals surface area (Å²) in [6, 6.07) is 1.04. The van der Waals surface area contributed by atoms with Crippen LogP contribution in [0.2, 0.25) is 0 Å². The summed E-state index contributed by atoms with van der Waals surface area (Å²) in [4.78, 5) is 0. The number of aromatic amines is 1. The van der Waals surface area contributed by atoms with Gasteiger partial charge in [-0.05, 0) is 18.9 Å². The first-order valence-corrected chi connectivity index (χ1v) is 4.83. The van der Waals surface area contributed by atoms with Gasteiger partial charge < -0.3 is 0 Å². The van der Waals surface area contributed by atoms with Gasteiger partial charge in [-0.2, -0.15) is 18.3 Å². The lowest BCUT2D eigenvalue weighted by Gasteiger charge is -1.98. The fraction of sp³-hybridized carbons (Fsp3) is 0.571. The molecule has 13 heavy (non-hydrogen) atoms. The average molecular weight is 257 g/mol. The number of alkyl halides is 4. The number of aryl methyl sites for hydroxylation is 1. The molecule has 0 bridgehead atoms. The van der Waals surface area contributed by atoms with E-state index in [0.29, 0.717) is 12.1 Å². The van der Waals surface area contributed by atoms with Crippen LogP contribution in [0.3, 0.4) is 0 Å². The zero-order chi connectivity index (χ0) is 9.90. The lowest BCUT2D eigenvalue weighted by atomic mass is 10.2. The van der Waals surface area contributed by atoms with Crippen LogP contribution in [0, 0.1) is 0 Å². The van der Waals surface area contributed by atoms with E-state index < -0.39 is 11.9 Å². The largest absolute Gasteiger partial charge is 0.435 e. The Bertz CT molecular complexity index is 269. The fourth-order valence-corrected chi connectivity index (χ4v) is 1.17. The van der Waals surface area contributed by atoms with Crippen LogP contribution in [0.15, 0.2) is 6.07 Å². The molecule has 0 aliphatic rings. The van der Waals surface area contributed by atoms with Crippen molar-refractivity contribution in [2.75, 3.05) is 5.33 Å². The number of H-pyrrole nitrogens is 1. The predicted molar refractivity (Wildman–Crippen MR) is 45.7 cm³/mol. The maximum absolute atomic E-state index is 12.0. The van der Waals surface area contributed by atoms with E-state index in [1.54, 1.807) is 0 Å². The average Bonchev–Trinajstić information content (AvgIpc) is 2.47. The van der Waals surface area contributed by atoms with Gasteiger partial charge in [-0.3, -0.25) is 5.10 Å². The minimum atomic E-state index is -4.34. The normalized spacial score (nSPS) is 12.0. The summed E-state index contributed by atoms with van der Waals surface area (Å²) in [5.74, 6) is 0. The van der Waals surface area contributed by atoms with Crippen LogP contribution in [0.1, 0.15) is 17.8 Å². The summed E-state index contributed by atoms with van der Waals surface area (Å²) in [7, 11) is 0. The highest BCUT2D eigenvalue weighted by atomic mass is 79.9. The van der Waals surface area contributed by atoms with E-state index in [0.717, 1.165) is 17.8 Å². The Hall–Kier alpha value is -0.520. The molecule has 0 atom stereocenters. The van der Waals surface area contributed by atoms with Crippen LogP contribution in [0.4, 0.5) is 13.2 Å². The molecule has 74 valence electrons. The summed E-state index contributed by atoms with van der Waals surface area (Å²) in [5, 5.41) is 6.30. The lowest BCUT2D eigenvalue weighted by Crippen LogP contribution is -2.04. The number of nitrogens with zero attached hydrogens (tertiary/aromatic N) is 1. The molecular formula is C7H8BrF3N2. The molecule has 0 saturated heterocycles. The van der Waals surface area contributed by atoms with Gasteiger partial charge in [0.1, 0.15) is 0 Å². The Morgan fingerprint density at radius 2 is 2.15 bits per heavy atom. The van der Waals surface area contributed by atoms with E-state index in [2.05, 4.69) is 26.1 Å². The molecule has 0 spiro atoms. The fourth-order valence-electron chi connectivity index (χ4n) is 0.892. The molecule has 1 heterocycles. The molecule has 0 radical (unpaired) electrons. The van der Waals surface area contributed by atoms with Crippen molar-refractivity contribution in [3.8, 4) is 0 Å². The van der Waals surface area contributed by atoms with E-state index in [9.17, 15) is 13.2 Å². The van der Waals surface area contributed by atoms with Gasteiger partial charge in [-0.25, -0.2) is 0 Å². The van der Waals surface area contributed by atoms with Gasteiger partial charge in [0, 0.05) is 11.0 Å². The third-order valence-electron chi connectivity index (χ3n) is 1.50. The summed E-state index contributed by atoms with van der Waals surface area (Å²) in [6.45, 7) is 0. The van der Waals surface area contributed by atoms with E-state index in [1.807, 2.05) is 0 Å². The van der Waals surface area contributed by atoms with E-state index in [4.69, 9.17) is 0 Å². The summed E-state index contributed by atoms with van der Waals surface area (Å²) in [5.41, 5.74) is -0.330. The Morgan fingerprint density at radius 1 is 1.46 bits per heavy atom. The van der Waals surface area contributed by atoms with Gasteiger partial charge in [0.2, 0.25) is 0 Å². The highest BCUT2D eigenvalue weighted by Crippen LogP contribution is 2.27. The second-order valence-electron chi connectivity index (χ2n) is 2.57. The monoisotopic (exact) mass is 256 g/mol. The molecule has 2 nitrogen and oxygen atoms in total. The van der Waals surface area contributed by atoms with E-state index in [-0.39, 0.29) is 0 Å². The zero-order valence-electron chi connectivity index (χ0n) is 6.66. The van der Waals surface area contributed by atoms with Crippen LogP contribution in [0.5, 0.6) is 0 Å². The third-order valence-corrected chi connectivity index (χ3v) is 2.06. The van der Waals surface area contributed by atoms with Gasteiger partial charge in [0.05, 0.1) is 0 Å². The first-order chi connectivity index (χ1) is 6.04. The van der Waals surface area contributed by atoms with Crippen molar-refractivity contribution >= 4 is 15.9 Å². The molecule has 0 fully saturated rings. The number of aromatic nitrogens is 2. The second kappa shape index (κ2) is 4.13. The molecule has 6 heteroatoms. The Balaban J connectivity index is 2.64. The molecule has 1 rings (SSSR count). The van der Waals surface area contributed by atoms with Gasteiger partial charge in [-0.1, -0.05) is 15.9 Å². The van der Waals surface area contributed by atoms with Crippen molar-refractivity contribution in [1.29, 1.82) is 0 Å². The second-order valence-corrected chi connectivity index (χ2v) is 3.36. The van der Waals surface area contributed by atoms with Crippen molar-refractivity contribution in [1.82, 2.24) is 10.2 Å². The van der Waals surface area contributed by atoms with E-state index >= 15 is 0 Å². The molecule has 0 saturated carbocycles. The van der Waals surface area contributed by atoms with Gasteiger partial charge in [0.15, 0.2) is 5.69 Å². The lowest BCUT2D eigenvalue weighted by molar-refractivity contribution is -0.141. The van der Waals surface area contributed by atoms with Gasteiger partial charge in [-0.15, -0.1) is 0 Å². The summed E-state index contributed by atoms with van der Waals surface area (Å²) in [6.07, 6.45) is -2.98. The first kappa shape index (κ1) is 10.6. The Kier molecular flexibility index (Phi) is 3.35.